The predicted octanol–water partition coefficient (Wildman–Crippen LogP) is 4.51. The number of urea groups is 1. The van der Waals surface area contributed by atoms with E-state index in [2.05, 4.69) is 65.9 Å². The molecule has 0 unspecified atom stereocenters. The van der Waals surface area contributed by atoms with E-state index in [0.717, 1.165) is 28.1 Å². The Kier molecular flexibility index (Phi) is 7.23. The molecule has 1 aromatic heterocycles. The van der Waals surface area contributed by atoms with Crippen LogP contribution in [-0.2, 0) is 0 Å². The Labute approximate surface area is 214 Å². The zero-order valence-corrected chi connectivity index (χ0v) is 21.9. The summed E-state index contributed by atoms with van der Waals surface area (Å²) >= 11 is 4.39. The highest BCUT2D eigenvalue weighted by Gasteiger charge is 2.24. The van der Waals surface area contributed by atoms with Gasteiger partial charge in [0, 0.05) is 43.3 Å². The highest BCUT2D eigenvalue weighted by Crippen LogP contribution is 2.35. The van der Waals surface area contributed by atoms with E-state index in [0.29, 0.717) is 37.7 Å². The summed E-state index contributed by atoms with van der Waals surface area (Å²) < 4.78 is 12.8. The first-order valence-electron chi connectivity index (χ1n) is 9.89. The topological polar surface area (TPSA) is 83.1 Å². The highest BCUT2D eigenvalue weighted by atomic mass is 127. The van der Waals surface area contributed by atoms with Crippen LogP contribution >= 0.6 is 45.7 Å². The molecule has 2 heterocycles. The third-order valence-corrected chi connectivity index (χ3v) is 6.41. The summed E-state index contributed by atoms with van der Waals surface area (Å²) in [5.41, 5.74) is 2.62. The normalized spacial score (nSPS) is 13.8. The van der Waals surface area contributed by atoms with Gasteiger partial charge in [0.25, 0.3) is 0 Å². The molecule has 0 radical (unpaired) electrons. The van der Waals surface area contributed by atoms with E-state index < -0.39 is 0 Å². The number of benzene rings is 2. The lowest BCUT2D eigenvalue weighted by atomic mass is 10.2. The number of amides is 2. The fourth-order valence-corrected chi connectivity index (χ4v) is 4.25. The molecule has 9 nitrogen and oxygen atoms in total. The molecule has 0 saturated carbocycles. The largest absolute Gasteiger partial charge is 0.493 e. The second-order valence-electron chi connectivity index (χ2n) is 7.11. The van der Waals surface area contributed by atoms with Crippen molar-refractivity contribution in [2.24, 2.45) is 0 Å². The number of methoxy groups -OCH3 is 2. The molecular formula is C21H22I2N6O3. The van der Waals surface area contributed by atoms with E-state index in [1.165, 1.54) is 0 Å². The third kappa shape index (κ3) is 4.87. The Morgan fingerprint density at radius 1 is 1.00 bits per heavy atom. The monoisotopic (exact) mass is 660 g/mol. The average molecular weight is 660 g/mol. The summed E-state index contributed by atoms with van der Waals surface area (Å²) in [6, 6.07) is 11.4. The van der Waals surface area contributed by atoms with Gasteiger partial charge in [-0.1, -0.05) is 0 Å². The number of carbonyl (C=O) groups excluding carboxylic acids is 1. The number of fused-ring (bicyclic) bond motifs is 1. The Balaban J connectivity index is 1.44. The SMILES string of the molecule is COc1cc2ncnc(N3CCN(C(=O)Nc4ccc(N(I)I)cc4)CC3)c2cc1OC. The maximum atomic E-state index is 12.7. The number of nitrogens with one attached hydrogen (secondary N) is 1. The van der Waals surface area contributed by atoms with E-state index in [1.807, 2.05) is 42.6 Å². The average Bonchev–Trinajstić information content (AvgIpc) is 2.83. The van der Waals surface area contributed by atoms with Gasteiger partial charge < -0.3 is 24.6 Å². The van der Waals surface area contributed by atoms with Crippen LogP contribution in [0.25, 0.3) is 10.9 Å². The van der Waals surface area contributed by atoms with E-state index >= 15 is 0 Å². The Morgan fingerprint density at radius 3 is 2.28 bits per heavy atom. The highest BCUT2D eigenvalue weighted by molar-refractivity contribution is 14.2. The summed E-state index contributed by atoms with van der Waals surface area (Å²) in [5, 5.41) is 3.87. The van der Waals surface area contributed by atoms with Gasteiger partial charge in [-0.25, -0.2) is 14.8 Å². The first kappa shape index (κ1) is 22.9. The Hall–Kier alpha value is -2.29. The van der Waals surface area contributed by atoms with Gasteiger partial charge in [0.15, 0.2) is 11.5 Å². The van der Waals surface area contributed by atoms with Crippen LogP contribution in [0.2, 0.25) is 0 Å². The molecule has 0 spiro atoms. The van der Waals surface area contributed by atoms with Crippen molar-refractivity contribution in [3.8, 4) is 11.5 Å². The molecule has 11 heteroatoms. The lowest BCUT2D eigenvalue weighted by molar-refractivity contribution is 0.208. The lowest BCUT2D eigenvalue weighted by Gasteiger charge is -2.35. The van der Waals surface area contributed by atoms with Crippen molar-refractivity contribution in [1.82, 2.24) is 14.9 Å². The number of nitrogens with zero attached hydrogens (tertiary/aromatic N) is 5. The van der Waals surface area contributed by atoms with Crippen LogP contribution in [0.5, 0.6) is 11.5 Å². The van der Waals surface area contributed by atoms with E-state index in [9.17, 15) is 4.79 Å². The van der Waals surface area contributed by atoms with Crippen LogP contribution in [0.3, 0.4) is 0 Å². The molecule has 1 fully saturated rings. The van der Waals surface area contributed by atoms with Gasteiger partial charge in [-0.05, 0) is 30.3 Å². The van der Waals surface area contributed by atoms with Crippen molar-refractivity contribution < 1.29 is 14.3 Å². The first-order valence-corrected chi connectivity index (χ1v) is 11.8. The van der Waals surface area contributed by atoms with Gasteiger partial charge in [-0.3, -0.25) is 1.33 Å². The van der Waals surface area contributed by atoms with E-state index in [1.54, 1.807) is 20.5 Å². The smallest absolute Gasteiger partial charge is 0.321 e. The van der Waals surface area contributed by atoms with Crippen LogP contribution in [0.15, 0.2) is 42.7 Å². The number of hydrogen-bond acceptors (Lipinski definition) is 7. The number of piperazine rings is 1. The predicted molar refractivity (Wildman–Crippen MR) is 142 cm³/mol. The molecule has 0 bridgehead atoms. The zero-order chi connectivity index (χ0) is 22.7. The molecule has 4 rings (SSSR count). The van der Waals surface area contributed by atoms with Crippen LogP contribution in [-0.4, -0.2) is 61.3 Å². The van der Waals surface area contributed by atoms with Crippen molar-refractivity contribution in [2.45, 2.75) is 0 Å². The van der Waals surface area contributed by atoms with Crippen LogP contribution in [0.1, 0.15) is 0 Å². The lowest BCUT2D eigenvalue weighted by Crippen LogP contribution is -2.50. The number of aromatic nitrogens is 2. The summed E-state index contributed by atoms with van der Waals surface area (Å²) in [5.74, 6) is 2.09. The molecule has 1 aliphatic heterocycles. The molecule has 2 amide bonds. The van der Waals surface area contributed by atoms with E-state index in [4.69, 9.17) is 9.47 Å². The van der Waals surface area contributed by atoms with Crippen molar-refractivity contribution in [3.63, 3.8) is 0 Å². The van der Waals surface area contributed by atoms with Crippen LogP contribution in [0.4, 0.5) is 22.0 Å². The fraction of sp³-hybridized carbons (Fsp3) is 0.286. The summed E-state index contributed by atoms with van der Waals surface area (Å²) in [6.07, 6.45) is 1.55. The van der Waals surface area contributed by atoms with Crippen LogP contribution < -0.4 is 21.0 Å². The Bertz CT molecular complexity index is 1100. The standard InChI is InChI=1S/C21H22I2N6O3/c1-31-18-11-16-17(12-19(18)32-2)24-13-25-20(16)27-7-9-28(10-8-27)21(30)26-14-3-5-15(6-4-14)29(22)23/h3-6,11-13H,7-10H2,1-2H3,(H,26,30). The summed E-state index contributed by atoms with van der Waals surface area (Å²) in [4.78, 5) is 25.6. The molecule has 0 atom stereocenters. The number of hydrogen-bond donors (Lipinski definition) is 1. The molecule has 2 aromatic carbocycles. The Morgan fingerprint density at radius 2 is 1.66 bits per heavy atom. The fourth-order valence-electron chi connectivity index (χ4n) is 3.60. The first-order chi connectivity index (χ1) is 15.5. The summed E-state index contributed by atoms with van der Waals surface area (Å²) in [6.45, 7) is 2.53. The second-order valence-corrected chi connectivity index (χ2v) is 10.9. The van der Waals surface area contributed by atoms with Crippen molar-refractivity contribution >= 4 is 79.9 Å². The number of carbonyl (C=O) groups is 1. The number of anilines is 3. The minimum absolute atomic E-state index is 0.0999. The van der Waals surface area contributed by atoms with Gasteiger partial charge >= 0.3 is 6.03 Å². The van der Waals surface area contributed by atoms with E-state index in [-0.39, 0.29) is 6.03 Å². The van der Waals surface area contributed by atoms with Gasteiger partial charge in [0.05, 0.1) is 71.2 Å². The van der Waals surface area contributed by atoms with Gasteiger partial charge in [-0.15, -0.1) is 0 Å². The minimum Gasteiger partial charge on any atom is -0.493 e. The minimum atomic E-state index is -0.0999. The maximum absolute atomic E-state index is 12.7. The summed E-state index contributed by atoms with van der Waals surface area (Å²) in [7, 11) is 3.21. The van der Waals surface area contributed by atoms with Crippen molar-refractivity contribution in [3.05, 3.63) is 42.7 Å². The number of halogens is 2. The number of ether oxygens (including phenoxy) is 2. The molecule has 1 aliphatic rings. The van der Waals surface area contributed by atoms with Crippen molar-refractivity contribution in [2.75, 3.05) is 51.9 Å². The number of rotatable bonds is 5. The van der Waals surface area contributed by atoms with Crippen molar-refractivity contribution in [1.29, 1.82) is 0 Å². The molecular weight excluding hydrogens is 638 g/mol. The molecule has 168 valence electrons. The molecule has 1 saturated heterocycles. The molecule has 3 aromatic rings. The maximum Gasteiger partial charge on any atom is 0.321 e. The third-order valence-electron chi connectivity index (χ3n) is 5.30. The van der Waals surface area contributed by atoms with Gasteiger partial charge in [0.2, 0.25) is 0 Å². The zero-order valence-electron chi connectivity index (χ0n) is 17.6. The van der Waals surface area contributed by atoms with Crippen LogP contribution in [0, 0.1) is 0 Å². The van der Waals surface area contributed by atoms with Gasteiger partial charge in [-0.2, -0.15) is 0 Å². The molecule has 0 aliphatic carbocycles. The second kappa shape index (κ2) is 10.1. The molecule has 1 N–H and O–H groups in total. The van der Waals surface area contributed by atoms with Gasteiger partial charge in [0.1, 0.15) is 12.1 Å². The molecule has 32 heavy (non-hydrogen) atoms. The quantitative estimate of drug-likeness (QED) is 0.319.